The lowest BCUT2D eigenvalue weighted by Gasteiger charge is -2.10. The van der Waals surface area contributed by atoms with Gasteiger partial charge in [0.2, 0.25) is 0 Å². The van der Waals surface area contributed by atoms with Crippen molar-refractivity contribution in [2.24, 2.45) is 5.73 Å². The average molecular weight is 272 g/mol. The van der Waals surface area contributed by atoms with Crippen molar-refractivity contribution in [1.29, 1.82) is 0 Å². The first-order chi connectivity index (χ1) is 9.67. The third-order valence-corrected chi connectivity index (χ3v) is 3.46. The Morgan fingerprint density at radius 1 is 0.900 bits per heavy atom. The van der Waals surface area contributed by atoms with Crippen LogP contribution >= 0.6 is 0 Å². The van der Waals surface area contributed by atoms with Crippen LogP contribution in [-0.2, 0) is 13.1 Å². The van der Waals surface area contributed by atoms with E-state index >= 15 is 0 Å². The van der Waals surface area contributed by atoms with Gasteiger partial charge in [0.05, 0.1) is 0 Å². The van der Waals surface area contributed by atoms with Gasteiger partial charge in [0, 0.05) is 30.2 Å². The van der Waals surface area contributed by atoms with Crippen LogP contribution in [0, 0.1) is 11.6 Å². The molecule has 3 aromatic rings. The Labute approximate surface area is 115 Å². The molecular weight excluding hydrogens is 258 g/mol. The normalized spacial score (nSPS) is 11.2. The summed E-state index contributed by atoms with van der Waals surface area (Å²) < 4.78 is 28.5. The van der Waals surface area contributed by atoms with E-state index in [0.717, 1.165) is 22.0 Å². The largest absolute Gasteiger partial charge is 0.343 e. The Hall–Kier alpha value is -2.20. The number of hydrogen-bond acceptors (Lipinski definition) is 1. The molecule has 0 aliphatic heterocycles. The molecule has 0 radical (unpaired) electrons. The maximum atomic E-state index is 13.4. The average Bonchev–Trinajstić information content (AvgIpc) is 2.81. The van der Waals surface area contributed by atoms with Crippen LogP contribution in [0.2, 0.25) is 0 Å². The fourth-order valence-corrected chi connectivity index (χ4v) is 2.43. The second-order valence-electron chi connectivity index (χ2n) is 4.76. The van der Waals surface area contributed by atoms with Crippen molar-refractivity contribution in [1.82, 2.24) is 4.57 Å². The van der Waals surface area contributed by atoms with Crippen molar-refractivity contribution in [3.63, 3.8) is 0 Å². The molecule has 2 nitrogen and oxygen atoms in total. The van der Waals surface area contributed by atoms with E-state index in [2.05, 4.69) is 0 Å². The van der Waals surface area contributed by atoms with Gasteiger partial charge in [0.15, 0.2) is 0 Å². The Morgan fingerprint density at radius 2 is 1.65 bits per heavy atom. The molecule has 0 spiro atoms. The molecule has 2 N–H and O–H groups in total. The van der Waals surface area contributed by atoms with Crippen LogP contribution in [0.1, 0.15) is 11.1 Å². The van der Waals surface area contributed by atoms with Crippen LogP contribution in [0.15, 0.2) is 48.7 Å². The number of nitrogens with two attached hydrogens (primary N) is 1. The van der Waals surface area contributed by atoms with Crippen LogP contribution in [0.25, 0.3) is 10.9 Å². The monoisotopic (exact) mass is 272 g/mol. The van der Waals surface area contributed by atoms with Gasteiger partial charge in [-0.15, -0.1) is 0 Å². The van der Waals surface area contributed by atoms with Crippen molar-refractivity contribution >= 4 is 10.9 Å². The van der Waals surface area contributed by atoms with E-state index in [-0.39, 0.29) is 11.6 Å². The van der Waals surface area contributed by atoms with Crippen molar-refractivity contribution in [2.75, 3.05) is 0 Å². The SMILES string of the molecule is NCc1ccc(F)cc1Cn1ccc2cc(F)ccc21. The lowest BCUT2D eigenvalue weighted by atomic mass is 10.1. The molecule has 1 aromatic heterocycles. The van der Waals surface area contributed by atoms with E-state index in [1.807, 2.05) is 16.8 Å². The van der Waals surface area contributed by atoms with Crippen LogP contribution in [0.5, 0.6) is 0 Å². The predicted octanol–water partition coefficient (Wildman–Crippen LogP) is 3.43. The minimum Gasteiger partial charge on any atom is -0.343 e. The molecule has 0 unspecified atom stereocenters. The first kappa shape index (κ1) is 12.8. The van der Waals surface area contributed by atoms with Crippen LogP contribution < -0.4 is 5.73 Å². The summed E-state index contributed by atoms with van der Waals surface area (Å²) in [6, 6.07) is 11.1. The van der Waals surface area contributed by atoms with E-state index in [9.17, 15) is 8.78 Å². The molecule has 0 atom stereocenters. The molecule has 0 amide bonds. The van der Waals surface area contributed by atoms with Crippen LogP contribution in [-0.4, -0.2) is 4.57 Å². The highest BCUT2D eigenvalue weighted by molar-refractivity contribution is 5.80. The first-order valence-electron chi connectivity index (χ1n) is 6.39. The van der Waals surface area contributed by atoms with E-state index in [4.69, 9.17) is 5.73 Å². The van der Waals surface area contributed by atoms with Gasteiger partial charge >= 0.3 is 0 Å². The summed E-state index contributed by atoms with van der Waals surface area (Å²) in [6.07, 6.45) is 1.87. The van der Waals surface area contributed by atoms with Gasteiger partial charge in [0.1, 0.15) is 11.6 Å². The number of rotatable bonds is 3. The van der Waals surface area contributed by atoms with Gasteiger partial charge in [0.25, 0.3) is 0 Å². The Kier molecular flexibility index (Phi) is 3.24. The van der Waals surface area contributed by atoms with Crippen LogP contribution in [0.3, 0.4) is 0 Å². The van der Waals surface area contributed by atoms with E-state index in [0.29, 0.717) is 13.1 Å². The minimum absolute atomic E-state index is 0.261. The zero-order chi connectivity index (χ0) is 14.1. The predicted molar refractivity (Wildman–Crippen MR) is 75.3 cm³/mol. The summed E-state index contributed by atoms with van der Waals surface area (Å²) in [4.78, 5) is 0. The number of nitrogens with zero attached hydrogens (tertiary/aromatic N) is 1. The first-order valence-corrected chi connectivity index (χ1v) is 6.39. The van der Waals surface area contributed by atoms with E-state index < -0.39 is 0 Å². The zero-order valence-electron chi connectivity index (χ0n) is 10.8. The van der Waals surface area contributed by atoms with Gasteiger partial charge in [-0.25, -0.2) is 8.78 Å². The molecule has 0 fully saturated rings. The van der Waals surface area contributed by atoms with E-state index in [1.54, 1.807) is 12.1 Å². The number of hydrogen-bond donors (Lipinski definition) is 1. The lowest BCUT2D eigenvalue weighted by Crippen LogP contribution is -2.06. The molecular formula is C16H14F2N2. The summed E-state index contributed by atoms with van der Waals surface area (Å²) in [5.41, 5.74) is 8.35. The van der Waals surface area contributed by atoms with Crippen molar-refractivity contribution in [3.05, 3.63) is 71.4 Å². The van der Waals surface area contributed by atoms with Gasteiger partial charge in [-0.05, 0) is 47.5 Å². The minimum atomic E-state index is -0.278. The molecule has 0 bridgehead atoms. The fraction of sp³-hybridized carbons (Fsp3) is 0.125. The Balaban J connectivity index is 2.03. The third kappa shape index (κ3) is 2.30. The molecule has 102 valence electrons. The molecule has 0 aliphatic carbocycles. The molecule has 4 heteroatoms. The topological polar surface area (TPSA) is 30.9 Å². The number of fused-ring (bicyclic) bond motifs is 1. The standard InChI is InChI=1S/C16H14F2N2/c17-14-2-1-12(9-19)13(8-14)10-20-6-5-11-7-15(18)3-4-16(11)20/h1-8H,9-10,19H2. The Bertz CT molecular complexity index is 762. The third-order valence-electron chi connectivity index (χ3n) is 3.46. The smallest absolute Gasteiger partial charge is 0.123 e. The van der Waals surface area contributed by atoms with Crippen molar-refractivity contribution < 1.29 is 8.78 Å². The highest BCUT2D eigenvalue weighted by Gasteiger charge is 2.07. The Morgan fingerprint density at radius 3 is 2.45 bits per heavy atom. The maximum Gasteiger partial charge on any atom is 0.123 e. The molecule has 0 saturated heterocycles. The fourth-order valence-electron chi connectivity index (χ4n) is 2.43. The molecule has 1 heterocycles. The van der Waals surface area contributed by atoms with Crippen molar-refractivity contribution in [3.8, 4) is 0 Å². The molecule has 20 heavy (non-hydrogen) atoms. The lowest BCUT2D eigenvalue weighted by molar-refractivity contribution is 0.622. The quantitative estimate of drug-likeness (QED) is 0.778. The van der Waals surface area contributed by atoms with Crippen LogP contribution in [0.4, 0.5) is 8.78 Å². The summed E-state index contributed by atoms with van der Waals surface area (Å²) in [5, 5.41) is 0.829. The highest BCUT2D eigenvalue weighted by Crippen LogP contribution is 2.20. The maximum absolute atomic E-state index is 13.4. The summed E-state index contributed by atoms with van der Waals surface area (Å²) in [5.74, 6) is -0.539. The molecule has 0 saturated carbocycles. The molecule has 0 aliphatic rings. The number of halogens is 2. The molecule has 2 aromatic carbocycles. The second-order valence-corrected chi connectivity index (χ2v) is 4.76. The summed E-state index contributed by atoms with van der Waals surface area (Å²) in [7, 11) is 0. The number of benzene rings is 2. The van der Waals surface area contributed by atoms with E-state index in [1.165, 1.54) is 24.3 Å². The molecule has 3 rings (SSSR count). The second kappa shape index (κ2) is 5.06. The van der Waals surface area contributed by atoms with Crippen molar-refractivity contribution in [2.45, 2.75) is 13.1 Å². The van der Waals surface area contributed by atoms with Gasteiger partial charge in [-0.3, -0.25) is 0 Å². The zero-order valence-corrected chi connectivity index (χ0v) is 10.8. The summed E-state index contributed by atoms with van der Waals surface area (Å²) >= 11 is 0. The number of aromatic nitrogens is 1. The van der Waals surface area contributed by atoms with Gasteiger partial charge in [-0.1, -0.05) is 6.07 Å². The summed E-state index contributed by atoms with van der Waals surface area (Å²) in [6.45, 7) is 0.878. The highest BCUT2D eigenvalue weighted by atomic mass is 19.1. The van der Waals surface area contributed by atoms with Gasteiger partial charge < -0.3 is 10.3 Å². The van der Waals surface area contributed by atoms with Gasteiger partial charge in [-0.2, -0.15) is 0 Å².